The minimum atomic E-state index is -1.34. The van der Waals surface area contributed by atoms with Gasteiger partial charge >= 0.3 is 6.21 Å². The molecule has 0 spiro atoms. The van der Waals surface area contributed by atoms with Crippen LogP contribution in [-0.4, -0.2) is 66.6 Å². The summed E-state index contributed by atoms with van der Waals surface area (Å²) in [6.45, 7) is -0.480. The highest BCUT2D eigenvalue weighted by Crippen LogP contribution is 2.31. The Morgan fingerprint density at radius 1 is 1.60 bits per heavy atom. The molecule has 0 saturated carbocycles. The summed E-state index contributed by atoms with van der Waals surface area (Å²) in [4.78, 5) is 17.8. The Hall–Kier alpha value is -2.10. The SMILES string of the molecule is [N-]=[N+]=CC(=O)c1ncn([C@@H]2O[C@H](CO)[C@@H](O)[C@H]2O)c1N. The van der Waals surface area contributed by atoms with E-state index in [2.05, 4.69) is 9.77 Å². The average molecular weight is 283 g/mol. The Bertz CT molecular complexity index is 566. The number of ether oxygens (including phenoxy) is 1. The van der Waals surface area contributed by atoms with E-state index in [9.17, 15) is 15.0 Å². The number of hydrogen-bond acceptors (Lipinski definition) is 7. The van der Waals surface area contributed by atoms with Crippen molar-refractivity contribution in [3.8, 4) is 0 Å². The van der Waals surface area contributed by atoms with Gasteiger partial charge < -0.3 is 31.3 Å². The smallest absolute Gasteiger partial charge is 0.329 e. The molecule has 0 bridgehead atoms. The monoisotopic (exact) mass is 283 g/mol. The van der Waals surface area contributed by atoms with Crippen molar-refractivity contribution >= 4 is 17.8 Å². The van der Waals surface area contributed by atoms with E-state index in [0.29, 0.717) is 6.21 Å². The van der Waals surface area contributed by atoms with Gasteiger partial charge in [0.05, 0.1) is 12.9 Å². The van der Waals surface area contributed by atoms with Crippen LogP contribution in [0.1, 0.15) is 16.7 Å². The molecule has 0 unspecified atom stereocenters. The van der Waals surface area contributed by atoms with E-state index in [-0.39, 0.29) is 11.5 Å². The largest absolute Gasteiger partial charge is 0.394 e. The quantitative estimate of drug-likeness (QED) is 0.206. The molecular weight excluding hydrogens is 270 g/mol. The molecule has 1 aliphatic rings. The number of nitrogens with two attached hydrogens (primary N) is 1. The first-order chi connectivity index (χ1) is 9.51. The van der Waals surface area contributed by atoms with Gasteiger partial charge in [-0.3, -0.25) is 9.36 Å². The number of rotatable bonds is 4. The number of Topliss-reactive ketones (excluding diaryl/α,β-unsaturated/α-hetero) is 1. The lowest BCUT2D eigenvalue weighted by Gasteiger charge is -2.17. The number of aromatic nitrogens is 2. The lowest BCUT2D eigenvalue weighted by molar-refractivity contribution is -0.0518. The standard InChI is InChI=1S/C10H13N5O5/c11-9-6(4(17)1-14-12)13-3-15(9)10-8(19)7(18)5(2-16)20-10/h1,3,5,7-8,10,16,18-19H,2,11H2/t5-,7-,8-,10-/m1/s1. The maximum atomic E-state index is 11.5. The second-order valence-electron chi connectivity index (χ2n) is 4.22. The Morgan fingerprint density at radius 2 is 2.30 bits per heavy atom. The number of hydrogen-bond donors (Lipinski definition) is 4. The minimum absolute atomic E-state index is 0.121. The first-order valence-corrected chi connectivity index (χ1v) is 5.67. The van der Waals surface area contributed by atoms with Gasteiger partial charge in [0.15, 0.2) is 11.9 Å². The zero-order valence-corrected chi connectivity index (χ0v) is 10.2. The molecule has 20 heavy (non-hydrogen) atoms. The van der Waals surface area contributed by atoms with Crippen LogP contribution in [0, 0.1) is 0 Å². The number of aliphatic hydroxyl groups excluding tert-OH is 3. The third-order valence-electron chi connectivity index (χ3n) is 3.03. The highest BCUT2D eigenvalue weighted by atomic mass is 16.6. The van der Waals surface area contributed by atoms with Gasteiger partial charge in [-0.15, -0.1) is 0 Å². The number of ketones is 1. The number of anilines is 1. The van der Waals surface area contributed by atoms with E-state index in [1.807, 2.05) is 0 Å². The number of imidazole rings is 1. The minimum Gasteiger partial charge on any atom is -0.394 e. The first kappa shape index (κ1) is 14.3. The van der Waals surface area contributed by atoms with Gasteiger partial charge in [0.2, 0.25) is 0 Å². The summed E-state index contributed by atoms with van der Waals surface area (Å²) in [6, 6.07) is 0. The van der Waals surface area contributed by atoms with Crippen LogP contribution in [0.2, 0.25) is 0 Å². The molecule has 10 nitrogen and oxygen atoms in total. The van der Waals surface area contributed by atoms with Gasteiger partial charge in [0.1, 0.15) is 24.1 Å². The van der Waals surface area contributed by atoms with Gasteiger partial charge in [-0.05, 0) is 0 Å². The molecule has 5 N–H and O–H groups in total. The van der Waals surface area contributed by atoms with Crippen molar-refractivity contribution in [2.24, 2.45) is 0 Å². The zero-order valence-electron chi connectivity index (χ0n) is 10.2. The lowest BCUT2D eigenvalue weighted by Crippen LogP contribution is -2.33. The molecule has 0 amide bonds. The van der Waals surface area contributed by atoms with E-state index < -0.39 is 36.9 Å². The molecule has 1 aliphatic heterocycles. The fourth-order valence-electron chi connectivity index (χ4n) is 1.99. The van der Waals surface area contributed by atoms with Crippen molar-refractivity contribution in [1.29, 1.82) is 0 Å². The van der Waals surface area contributed by atoms with Crippen LogP contribution in [0.5, 0.6) is 0 Å². The van der Waals surface area contributed by atoms with E-state index in [1.165, 1.54) is 0 Å². The molecule has 10 heteroatoms. The summed E-state index contributed by atoms with van der Waals surface area (Å²) in [5, 5.41) is 28.5. The summed E-state index contributed by atoms with van der Waals surface area (Å²) < 4.78 is 6.41. The van der Waals surface area contributed by atoms with Crippen LogP contribution in [0.4, 0.5) is 5.82 Å². The molecule has 0 radical (unpaired) electrons. The Kier molecular flexibility index (Phi) is 3.93. The fraction of sp³-hybridized carbons (Fsp3) is 0.500. The second-order valence-corrected chi connectivity index (χ2v) is 4.22. The maximum Gasteiger partial charge on any atom is 0.329 e. The summed E-state index contributed by atoms with van der Waals surface area (Å²) in [5.74, 6) is -0.847. The molecule has 2 heterocycles. The topological polar surface area (TPSA) is 167 Å². The predicted molar refractivity (Wildman–Crippen MR) is 63.7 cm³/mol. The molecule has 4 atom stereocenters. The van der Waals surface area contributed by atoms with Crippen molar-refractivity contribution in [3.63, 3.8) is 0 Å². The van der Waals surface area contributed by atoms with Crippen molar-refractivity contribution in [2.45, 2.75) is 24.5 Å². The van der Waals surface area contributed by atoms with Crippen molar-refractivity contribution in [1.82, 2.24) is 9.55 Å². The molecule has 1 saturated heterocycles. The number of nitrogens with zero attached hydrogens (tertiary/aromatic N) is 4. The molecule has 1 fully saturated rings. The average Bonchev–Trinajstić information content (AvgIpc) is 2.93. The third-order valence-corrected chi connectivity index (χ3v) is 3.03. The third kappa shape index (κ3) is 2.22. The fourth-order valence-corrected chi connectivity index (χ4v) is 1.99. The Labute approximate surface area is 112 Å². The van der Waals surface area contributed by atoms with Crippen LogP contribution in [0.15, 0.2) is 6.33 Å². The zero-order chi connectivity index (χ0) is 14.9. The van der Waals surface area contributed by atoms with Crippen LogP contribution >= 0.6 is 0 Å². The molecule has 1 aromatic rings. The molecule has 108 valence electrons. The van der Waals surface area contributed by atoms with E-state index >= 15 is 0 Å². The molecule has 1 aromatic heterocycles. The molecule has 2 rings (SSSR count). The van der Waals surface area contributed by atoms with Gasteiger partial charge in [-0.1, -0.05) is 0 Å². The van der Waals surface area contributed by atoms with Crippen LogP contribution in [0.25, 0.3) is 5.53 Å². The summed E-state index contributed by atoms with van der Waals surface area (Å²) >= 11 is 0. The summed E-state index contributed by atoms with van der Waals surface area (Å²) in [6.07, 6.45) is -2.89. The highest BCUT2D eigenvalue weighted by Gasteiger charge is 2.44. The van der Waals surface area contributed by atoms with Gasteiger partial charge in [0, 0.05) is 0 Å². The van der Waals surface area contributed by atoms with Crippen molar-refractivity contribution in [3.05, 3.63) is 17.6 Å². The molecular formula is C10H13N5O5. The Morgan fingerprint density at radius 3 is 2.85 bits per heavy atom. The number of carbonyl (C=O) groups is 1. The lowest BCUT2D eigenvalue weighted by atomic mass is 10.1. The van der Waals surface area contributed by atoms with Gasteiger partial charge in [-0.2, -0.15) is 4.79 Å². The van der Waals surface area contributed by atoms with Crippen LogP contribution in [0.3, 0.4) is 0 Å². The first-order valence-electron chi connectivity index (χ1n) is 5.67. The van der Waals surface area contributed by atoms with Gasteiger partial charge in [0.25, 0.3) is 5.78 Å². The highest BCUT2D eigenvalue weighted by molar-refractivity contribution is 6.34. The van der Waals surface area contributed by atoms with Gasteiger partial charge in [-0.25, -0.2) is 4.98 Å². The molecule has 0 aromatic carbocycles. The van der Waals surface area contributed by atoms with Crippen molar-refractivity contribution < 1.29 is 29.6 Å². The maximum absolute atomic E-state index is 11.5. The van der Waals surface area contributed by atoms with E-state index in [4.69, 9.17) is 21.1 Å². The van der Waals surface area contributed by atoms with E-state index in [0.717, 1.165) is 10.9 Å². The number of carbonyl (C=O) groups excluding carboxylic acids is 1. The number of nitrogen functional groups attached to an aromatic ring is 1. The predicted octanol–water partition coefficient (Wildman–Crippen LogP) is -2.44. The van der Waals surface area contributed by atoms with Crippen molar-refractivity contribution in [2.75, 3.05) is 12.3 Å². The second kappa shape index (κ2) is 5.49. The number of aliphatic hydroxyl groups is 3. The normalized spacial score (nSPS) is 29.1. The Balaban J connectivity index is 2.31. The van der Waals surface area contributed by atoms with Crippen LogP contribution in [-0.2, 0) is 4.74 Å². The van der Waals surface area contributed by atoms with E-state index in [1.54, 1.807) is 0 Å². The summed E-state index contributed by atoms with van der Waals surface area (Å²) in [5.41, 5.74) is 13.8. The van der Waals surface area contributed by atoms with Crippen LogP contribution < -0.4 is 5.73 Å². The summed E-state index contributed by atoms with van der Waals surface area (Å²) in [7, 11) is 0. The molecule has 0 aliphatic carbocycles.